The molecule has 0 unspecified atom stereocenters. The van der Waals surface area contributed by atoms with Crippen LogP contribution in [0, 0.1) is 0 Å². The van der Waals surface area contributed by atoms with Gasteiger partial charge in [-0.1, -0.05) is 46.4 Å². The van der Waals surface area contributed by atoms with E-state index in [1.165, 1.54) is 0 Å². The Balaban J connectivity index is 3.46. The van der Waals surface area contributed by atoms with Crippen LogP contribution in [0.5, 0.6) is 0 Å². The summed E-state index contributed by atoms with van der Waals surface area (Å²) in [6, 6.07) is 0. The minimum atomic E-state index is 0.0542. The molecular weight excluding hydrogens is 233 g/mol. The van der Waals surface area contributed by atoms with Crippen LogP contribution < -0.4 is 5.73 Å². The number of pyridine rings is 1. The molecule has 0 fully saturated rings. The monoisotopic (exact) mass is 233 g/mol. The zero-order chi connectivity index (χ0) is 8.59. The highest BCUT2D eigenvalue weighted by Gasteiger charge is 2.11. The highest BCUT2D eigenvalue weighted by Crippen LogP contribution is 2.36. The van der Waals surface area contributed by atoms with Gasteiger partial charge in [-0.3, -0.25) is 0 Å². The Morgan fingerprint density at radius 3 is 1.64 bits per heavy atom. The lowest BCUT2D eigenvalue weighted by Crippen LogP contribution is -1.91. The average molecular weight is 235 g/mol. The fourth-order valence-electron chi connectivity index (χ4n) is 0.503. The lowest BCUT2D eigenvalue weighted by molar-refractivity contribution is 1.33. The van der Waals surface area contributed by atoms with Crippen LogP contribution >= 0.6 is 46.4 Å². The van der Waals surface area contributed by atoms with E-state index in [1.807, 2.05) is 0 Å². The van der Waals surface area contributed by atoms with Crippen LogP contribution in [0.4, 0.5) is 5.69 Å². The van der Waals surface area contributed by atoms with E-state index < -0.39 is 0 Å². The molecule has 1 heterocycles. The number of nitrogens with zero attached hydrogens (tertiary/aromatic N) is 1. The van der Waals surface area contributed by atoms with Gasteiger partial charge in [0.05, 0.1) is 5.69 Å². The summed E-state index contributed by atoms with van der Waals surface area (Å²) in [7, 11) is 0. The Morgan fingerprint density at radius 2 is 1.27 bits per heavy atom. The Bertz CT molecular complexity index is 273. The molecule has 11 heavy (non-hydrogen) atoms. The molecule has 0 amide bonds. The maximum absolute atomic E-state index is 5.59. The number of hydrogen-bond donors (Lipinski definition) is 1. The molecule has 1 aromatic rings. The second-order valence-corrected chi connectivity index (χ2v) is 3.21. The third kappa shape index (κ3) is 1.64. The first-order chi connectivity index (χ1) is 5.04. The first-order valence-electron chi connectivity index (χ1n) is 2.49. The van der Waals surface area contributed by atoms with Gasteiger partial charge in [0, 0.05) is 0 Å². The van der Waals surface area contributed by atoms with Crippen LogP contribution in [-0.4, -0.2) is 4.98 Å². The molecule has 0 aliphatic rings. The number of halogens is 4. The van der Waals surface area contributed by atoms with E-state index in [9.17, 15) is 0 Å². The summed E-state index contributed by atoms with van der Waals surface area (Å²) in [5.41, 5.74) is 5.56. The van der Waals surface area contributed by atoms with Crippen molar-refractivity contribution in [3.63, 3.8) is 0 Å². The Hall–Kier alpha value is 0.110. The van der Waals surface area contributed by atoms with Crippen LogP contribution in [0.2, 0.25) is 20.4 Å². The van der Waals surface area contributed by atoms with Gasteiger partial charge in [-0.05, 0) is 0 Å². The summed E-state index contributed by atoms with van der Waals surface area (Å²) in [5, 5.41) is 0.360. The van der Waals surface area contributed by atoms with Crippen molar-refractivity contribution >= 4 is 52.1 Å². The van der Waals surface area contributed by atoms with Gasteiger partial charge >= 0.3 is 0 Å². The summed E-state index contributed by atoms with van der Waals surface area (Å²) >= 11 is 22.2. The molecule has 0 atom stereocenters. The van der Waals surface area contributed by atoms with E-state index in [4.69, 9.17) is 52.1 Å². The number of hydrogen-bond acceptors (Lipinski definition) is 2. The van der Waals surface area contributed by atoms with Gasteiger partial charge < -0.3 is 5.73 Å². The molecule has 1 aromatic heterocycles. The maximum Gasteiger partial charge on any atom is 0.151 e. The third-order valence-electron chi connectivity index (χ3n) is 1.03. The van der Waals surface area contributed by atoms with Crippen LogP contribution in [0.25, 0.3) is 0 Å². The number of nitrogens with two attached hydrogens (primary N) is 1. The molecule has 60 valence electrons. The van der Waals surface area contributed by atoms with Crippen molar-refractivity contribution in [2.24, 2.45) is 0 Å². The number of nitrogen functional groups attached to an aromatic ring is 1. The van der Waals surface area contributed by atoms with Gasteiger partial charge in [0.2, 0.25) is 0 Å². The lowest BCUT2D eigenvalue weighted by atomic mass is 10.5. The topological polar surface area (TPSA) is 38.9 Å². The number of aromatic nitrogens is 1. The molecular formula is C5H2Cl4N2. The summed E-state index contributed by atoms with van der Waals surface area (Å²) < 4.78 is 0. The highest BCUT2D eigenvalue weighted by molar-refractivity contribution is 6.48. The van der Waals surface area contributed by atoms with Gasteiger partial charge in [0.25, 0.3) is 0 Å². The predicted molar refractivity (Wildman–Crippen MR) is 48.7 cm³/mol. The normalized spacial score (nSPS) is 10.2. The molecule has 0 aliphatic carbocycles. The Kier molecular flexibility index (Phi) is 2.70. The van der Waals surface area contributed by atoms with Gasteiger partial charge in [-0.2, -0.15) is 0 Å². The van der Waals surface area contributed by atoms with E-state index in [0.29, 0.717) is 0 Å². The zero-order valence-electron chi connectivity index (χ0n) is 5.04. The summed E-state index contributed by atoms with van der Waals surface area (Å²) in [6.07, 6.45) is 0. The van der Waals surface area contributed by atoms with Gasteiger partial charge in [-0.15, -0.1) is 0 Å². The molecule has 2 nitrogen and oxygen atoms in total. The molecule has 0 radical (unpaired) electrons. The van der Waals surface area contributed by atoms with Crippen LogP contribution in [0.1, 0.15) is 0 Å². The fourth-order valence-corrected chi connectivity index (χ4v) is 1.24. The summed E-state index contributed by atoms with van der Waals surface area (Å²) in [6.45, 7) is 0. The van der Waals surface area contributed by atoms with E-state index in [0.717, 1.165) is 0 Å². The largest absolute Gasteiger partial charge is 0.396 e. The van der Waals surface area contributed by atoms with Crippen molar-refractivity contribution < 1.29 is 0 Å². The van der Waals surface area contributed by atoms with Crippen molar-refractivity contribution in [2.45, 2.75) is 0 Å². The Morgan fingerprint density at radius 1 is 0.909 bits per heavy atom. The van der Waals surface area contributed by atoms with Gasteiger partial charge in [-0.25, -0.2) is 4.98 Å². The van der Waals surface area contributed by atoms with Crippen molar-refractivity contribution in [1.82, 2.24) is 4.98 Å². The molecule has 0 saturated heterocycles. The summed E-state index contributed by atoms with van der Waals surface area (Å²) in [4.78, 5) is 3.62. The first kappa shape index (κ1) is 9.20. The highest BCUT2D eigenvalue weighted by atomic mass is 35.5. The second-order valence-electron chi connectivity index (χ2n) is 1.74. The third-order valence-corrected chi connectivity index (χ3v) is 2.54. The quantitative estimate of drug-likeness (QED) is 0.700. The average Bonchev–Trinajstić information content (AvgIpc) is 1.97. The molecule has 0 spiro atoms. The van der Waals surface area contributed by atoms with E-state index in [2.05, 4.69) is 4.98 Å². The zero-order valence-corrected chi connectivity index (χ0v) is 8.06. The second kappa shape index (κ2) is 3.23. The van der Waals surface area contributed by atoms with Crippen LogP contribution in [0.3, 0.4) is 0 Å². The molecule has 2 N–H and O–H groups in total. The minimum absolute atomic E-state index is 0.0542. The molecule has 0 bridgehead atoms. The molecule has 0 saturated carbocycles. The standard InChI is InChI=1S/C5H2Cl4N2/c6-1-3(10)2(7)5(9)11-4(1)8/h(H2,10,11)/i4+1,5+1,11+1. The van der Waals surface area contributed by atoms with E-state index >= 15 is 0 Å². The van der Waals surface area contributed by atoms with Crippen molar-refractivity contribution in [3.8, 4) is 0 Å². The fraction of sp³-hybridized carbons (Fsp3) is 0. The minimum Gasteiger partial charge on any atom is -0.396 e. The molecule has 0 aliphatic heterocycles. The van der Waals surface area contributed by atoms with E-state index in [1.54, 1.807) is 0 Å². The first-order valence-corrected chi connectivity index (χ1v) is 4.00. The summed E-state index contributed by atoms with van der Waals surface area (Å²) in [5.74, 6) is 0. The number of rotatable bonds is 0. The van der Waals surface area contributed by atoms with Crippen LogP contribution in [0.15, 0.2) is 0 Å². The smallest absolute Gasteiger partial charge is 0.151 e. The maximum atomic E-state index is 5.59. The predicted octanol–water partition coefficient (Wildman–Crippen LogP) is 3.28. The molecule has 0 aromatic carbocycles. The van der Waals surface area contributed by atoms with Crippen molar-refractivity contribution in [3.05, 3.63) is 20.4 Å². The SMILES string of the molecule is Nc1c(Cl)[13c](Cl)[15n][13c](Cl)c1Cl. The Labute approximate surface area is 83.2 Å². The van der Waals surface area contributed by atoms with Crippen molar-refractivity contribution in [1.29, 1.82) is 0 Å². The van der Waals surface area contributed by atoms with Gasteiger partial charge in [0.1, 0.15) is 10.0 Å². The molecule has 1 rings (SSSR count). The van der Waals surface area contributed by atoms with Crippen LogP contribution in [-0.2, 0) is 0 Å². The molecule has 6 heteroatoms. The number of anilines is 1. The van der Waals surface area contributed by atoms with Crippen molar-refractivity contribution in [2.75, 3.05) is 5.73 Å². The van der Waals surface area contributed by atoms with E-state index in [-0.39, 0.29) is 26.0 Å². The van der Waals surface area contributed by atoms with Gasteiger partial charge in [0.15, 0.2) is 10.3 Å². The lowest BCUT2D eigenvalue weighted by Gasteiger charge is -2.02.